The Kier molecular flexibility index (Phi) is 2.67. The Morgan fingerprint density at radius 2 is 1.43 bits per heavy atom. The van der Waals surface area contributed by atoms with Gasteiger partial charge in [-0.25, -0.2) is 0 Å². The van der Waals surface area contributed by atoms with Crippen LogP contribution in [0.15, 0.2) is 73.1 Å². The van der Waals surface area contributed by atoms with E-state index in [-0.39, 0.29) is 0 Å². The summed E-state index contributed by atoms with van der Waals surface area (Å²) in [6.07, 6.45) is 6.99. The van der Waals surface area contributed by atoms with Crippen molar-refractivity contribution in [2.75, 3.05) is 4.90 Å². The Labute approximate surface area is 164 Å². The number of hydrogen-bond acceptors (Lipinski definition) is 2. The van der Waals surface area contributed by atoms with Gasteiger partial charge in [0.25, 0.3) is 0 Å². The van der Waals surface area contributed by atoms with Gasteiger partial charge in [0.1, 0.15) is 0 Å². The lowest BCUT2D eigenvalue weighted by Crippen LogP contribution is -2.25. The summed E-state index contributed by atoms with van der Waals surface area (Å²) in [7, 11) is 0. The van der Waals surface area contributed by atoms with Crippen molar-refractivity contribution < 1.29 is 0 Å². The predicted molar refractivity (Wildman–Crippen MR) is 113 cm³/mol. The fraction of sp³-hybridized carbons (Fsp3) is 0.115. The molecular formula is C26H18N2. The minimum Gasteiger partial charge on any atom is -0.309 e. The summed E-state index contributed by atoms with van der Waals surface area (Å²) in [5.41, 5.74) is 15.5. The van der Waals surface area contributed by atoms with E-state index in [1.807, 2.05) is 6.20 Å². The molecule has 3 aromatic carbocycles. The standard InChI is InChI=1S/C26H18N2/c1-3-7-20-16(5-1)12-22-21(20)13-18-11-17-6-2-4-8-24(17)28-25-9-10-27-15-19(25)14-23(22)26(18)28/h1-10,13,15H,11-12,14H2. The number of pyridine rings is 1. The lowest BCUT2D eigenvalue weighted by Gasteiger charge is -2.40. The highest BCUT2D eigenvalue weighted by atomic mass is 15.2. The van der Waals surface area contributed by atoms with Crippen molar-refractivity contribution in [3.63, 3.8) is 0 Å². The molecule has 0 spiro atoms. The zero-order valence-electron chi connectivity index (χ0n) is 15.4. The van der Waals surface area contributed by atoms with E-state index >= 15 is 0 Å². The molecule has 0 saturated heterocycles. The Bertz CT molecular complexity index is 1290. The van der Waals surface area contributed by atoms with Gasteiger partial charge in [0.2, 0.25) is 0 Å². The average Bonchev–Trinajstić information content (AvgIpc) is 3.12. The normalized spacial score (nSPS) is 14.6. The molecule has 0 unspecified atom stereocenters. The molecule has 1 aliphatic carbocycles. The van der Waals surface area contributed by atoms with Crippen LogP contribution in [0.2, 0.25) is 0 Å². The summed E-state index contributed by atoms with van der Waals surface area (Å²) < 4.78 is 0. The van der Waals surface area contributed by atoms with E-state index in [1.165, 1.54) is 61.6 Å². The molecule has 0 bridgehead atoms. The molecular weight excluding hydrogens is 340 g/mol. The maximum absolute atomic E-state index is 4.44. The smallest absolute Gasteiger partial charge is 0.0535 e. The first kappa shape index (κ1) is 14.6. The number of fused-ring (bicyclic) bond motifs is 8. The molecule has 4 aromatic rings. The first-order chi connectivity index (χ1) is 13.9. The number of hydrogen-bond donors (Lipinski definition) is 0. The van der Waals surface area contributed by atoms with Crippen LogP contribution in [0.5, 0.6) is 0 Å². The lowest BCUT2D eigenvalue weighted by atomic mass is 9.83. The Balaban J connectivity index is 1.58. The zero-order valence-corrected chi connectivity index (χ0v) is 15.4. The van der Waals surface area contributed by atoms with E-state index in [9.17, 15) is 0 Å². The fourth-order valence-corrected chi connectivity index (χ4v) is 5.42. The molecule has 2 aliphatic heterocycles. The van der Waals surface area contributed by atoms with Crippen molar-refractivity contribution in [2.24, 2.45) is 0 Å². The fourth-order valence-electron chi connectivity index (χ4n) is 5.42. The summed E-state index contributed by atoms with van der Waals surface area (Å²) in [6.45, 7) is 0. The third-order valence-electron chi connectivity index (χ3n) is 6.60. The van der Waals surface area contributed by atoms with Crippen LogP contribution in [0.3, 0.4) is 0 Å². The molecule has 0 amide bonds. The van der Waals surface area contributed by atoms with Crippen molar-refractivity contribution in [1.29, 1.82) is 0 Å². The van der Waals surface area contributed by atoms with Crippen LogP contribution in [0, 0.1) is 0 Å². The van der Waals surface area contributed by atoms with Gasteiger partial charge >= 0.3 is 0 Å². The molecule has 7 rings (SSSR count). The summed E-state index contributed by atoms with van der Waals surface area (Å²) in [5, 5.41) is 0. The highest BCUT2D eigenvalue weighted by Crippen LogP contribution is 2.54. The Morgan fingerprint density at radius 1 is 0.643 bits per heavy atom. The van der Waals surface area contributed by atoms with Crippen molar-refractivity contribution in [3.8, 4) is 11.1 Å². The summed E-state index contributed by atoms with van der Waals surface area (Å²) >= 11 is 0. The van der Waals surface area contributed by atoms with E-state index in [0.717, 1.165) is 19.3 Å². The second-order valence-electron chi connectivity index (χ2n) is 8.04. The van der Waals surface area contributed by atoms with Crippen LogP contribution in [-0.4, -0.2) is 4.98 Å². The molecule has 3 heterocycles. The SMILES string of the molecule is c1ccc2c(c1)Cc1c-2cc2c3c1Cc1cnccc1N3c1ccccc1C2. The van der Waals surface area contributed by atoms with Crippen LogP contribution < -0.4 is 4.90 Å². The molecule has 0 radical (unpaired) electrons. The van der Waals surface area contributed by atoms with Crippen LogP contribution in [0.1, 0.15) is 33.4 Å². The molecule has 3 aliphatic rings. The van der Waals surface area contributed by atoms with E-state index in [2.05, 4.69) is 76.7 Å². The topological polar surface area (TPSA) is 16.1 Å². The third kappa shape index (κ3) is 1.75. The highest BCUT2D eigenvalue weighted by molar-refractivity contribution is 5.93. The van der Waals surface area contributed by atoms with Gasteiger partial charge in [-0.3, -0.25) is 4.98 Å². The average molecular weight is 358 g/mol. The van der Waals surface area contributed by atoms with Gasteiger partial charge in [-0.05, 0) is 69.1 Å². The van der Waals surface area contributed by atoms with Gasteiger partial charge in [-0.2, -0.15) is 0 Å². The van der Waals surface area contributed by atoms with Crippen molar-refractivity contribution >= 4 is 17.1 Å². The van der Waals surface area contributed by atoms with Crippen LogP contribution in [-0.2, 0) is 19.3 Å². The van der Waals surface area contributed by atoms with Crippen molar-refractivity contribution in [3.05, 3.63) is 106 Å². The number of rotatable bonds is 0. The quantitative estimate of drug-likeness (QED) is 0.334. The van der Waals surface area contributed by atoms with Gasteiger partial charge in [-0.15, -0.1) is 0 Å². The zero-order chi connectivity index (χ0) is 18.2. The summed E-state index contributed by atoms with van der Waals surface area (Å²) in [4.78, 5) is 6.94. The first-order valence-electron chi connectivity index (χ1n) is 9.95. The number of nitrogens with zero attached hydrogens (tertiary/aromatic N) is 2. The third-order valence-corrected chi connectivity index (χ3v) is 6.60. The lowest BCUT2D eigenvalue weighted by molar-refractivity contribution is 0.984. The Hall–Kier alpha value is -3.39. The molecule has 2 heteroatoms. The minimum atomic E-state index is 0.974. The minimum absolute atomic E-state index is 0.974. The monoisotopic (exact) mass is 358 g/mol. The predicted octanol–water partition coefficient (Wildman–Crippen LogP) is 5.93. The molecule has 1 aromatic heterocycles. The number of aromatic nitrogens is 1. The summed E-state index contributed by atoms with van der Waals surface area (Å²) in [5.74, 6) is 0. The van der Waals surface area contributed by atoms with Crippen LogP contribution in [0.25, 0.3) is 11.1 Å². The van der Waals surface area contributed by atoms with Crippen molar-refractivity contribution in [2.45, 2.75) is 19.3 Å². The molecule has 0 N–H and O–H groups in total. The highest BCUT2D eigenvalue weighted by Gasteiger charge is 2.35. The van der Waals surface area contributed by atoms with Gasteiger partial charge in [0, 0.05) is 30.9 Å². The largest absolute Gasteiger partial charge is 0.309 e. The Morgan fingerprint density at radius 3 is 2.39 bits per heavy atom. The number of para-hydroxylation sites is 1. The molecule has 0 fully saturated rings. The van der Waals surface area contributed by atoms with Crippen LogP contribution >= 0.6 is 0 Å². The molecule has 0 atom stereocenters. The second-order valence-corrected chi connectivity index (χ2v) is 8.04. The van der Waals surface area contributed by atoms with E-state index in [0.29, 0.717) is 0 Å². The van der Waals surface area contributed by atoms with Gasteiger partial charge < -0.3 is 4.90 Å². The number of anilines is 3. The van der Waals surface area contributed by atoms with E-state index in [4.69, 9.17) is 0 Å². The maximum Gasteiger partial charge on any atom is 0.0535 e. The van der Waals surface area contributed by atoms with E-state index < -0.39 is 0 Å². The number of benzene rings is 3. The second kappa shape index (κ2) is 5.11. The van der Waals surface area contributed by atoms with Gasteiger partial charge in [-0.1, -0.05) is 42.5 Å². The van der Waals surface area contributed by atoms with Crippen LogP contribution in [0.4, 0.5) is 17.1 Å². The summed E-state index contributed by atoms with van der Waals surface area (Å²) in [6, 6.07) is 22.4. The van der Waals surface area contributed by atoms with Gasteiger partial charge in [0.15, 0.2) is 0 Å². The molecule has 2 nitrogen and oxygen atoms in total. The van der Waals surface area contributed by atoms with E-state index in [1.54, 1.807) is 0 Å². The van der Waals surface area contributed by atoms with Gasteiger partial charge in [0.05, 0.1) is 11.4 Å². The van der Waals surface area contributed by atoms with Crippen molar-refractivity contribution in [1.82, 2.24) is 4.98 Å². The molecule has 28 heavy (non-hydrogen) atoms. The maximum atomic E-state index is 4.44. The molecule has 132 valence electrons. The molecule has 0 saturated carbocycles. The first-order valence-corrected chi connectivity index (χ1v) is 9.95.